The third kappa shape index (κ3) is 56.0. The Morgan fingerprint density at radius 2 is 0.806 bits per heavy atom. The predicted octanol–water partition coefficient (Wildman–Crippen LogP) is 7.93. The molecule has 0 radical (unpaired) electrons. The normalized spacial score (nSPS) is 12.9. The van der Waals surface area contributed by atoms with Crippen molar-refractivity contribution in [1.29, 1.82) is 0 Å². The van der Waals surface area contributed by atoms with Crippen LogP contribution in [-0.4, -0.2) is 268 Å². The number of nitrogens with zero attached hydrogens (tertiary/aromatic N) is 1. The van der Waals surface area contributed by atoms with Crippen molar-refractivity contribution in [1.82, 2.24) is 41.9 Å². The molecule has 40 heteroatoms. The number of benzene rings is 2. The Hall–Kier alpha value is -11.3. The smallest absolute Gasteiger partial charge is 0.335 e. The predicted molar refractivity (Wildman–Crippen MR) is 485 cm³/mol. The zero-order valence-electron chi connectivity index (χ0n) is 77.3. The molecule has 0 saturated carbocycles. The van der Waals surface area contributed by atoms with Gasteiger partial charge < -0.3 is 107 Å². The van der Waals surface area contributed by atoms with Crippen molar-refractivity contribution in [3.05, 3.63) is 77.9 Å². The average molecular weight is 1890 g/mol. The second-order valence-corrected chi connectivity index (χ2v) is 33.9. The molecule has 7 atom stereocenters. The molecular weight excluding hydrogens is 1750 g/mol. The Morgan fingerprint density at radius 1 is 0.381 bits per heavy atom. The lowest BCUT2D eigenvalue weighted by molar-refractivity contribution is -0.145. The topological polar surface area (TPSA) is 631 Å². The number of H-pyrrole nitrogens is 1. The van der Waals surface area contributed by atoms with Crippen LogP contribution in [0.4, 0.5) is 0 Å². The number of hydrogen-bond acceptors (Lipinski definition) is 27. The first kappa shape index (κ1) is 117. The van der Waals surface area contributed by atoms with Crippen LogP contribution in [0.25, 0.3) is 0 Å². The highest BCUT2D eigenvalue weighted by Gasteiger charge is 2.35. The molecule has 0 aliphatic heterocycles. The number of aromatic carboxylic acids is 2. The van der Waals surface area contributed by atoms with Crippen LogP contribution in [0.5, 0.6) is 11.5 Å². The van der Waals surface area contributed by atoms with Crippen molar-refractivity contribution in [3.63, 3.8) is 0 Å². The number of ether oxygens (including phenoxy) is 6. The first-order chi connectivity index (χ1) is 64.0. The Morgan fingerprint density at radius 3 is 1.29 bits per heavy atom. The number of carboxylic acid groups (broad SMARTS) is 7. The Labute approximate surface area is 781 Å². The number of aromatic nitrogens is 2. The molecule has 134 heavy (non-hydrogen) atoms. The van der Waals surface area contributed by atoms with Crippen LogP contribution in [0.1, 0.15) is 271 Å². The Balaban J connectivity index is 1.29. The number of ketones is 6. The molecule has 748 valence electrons. The third-order valence-corrected chi connectivity index (χ3v) is 22.2. The van der Waals surface area contributed by atoms with Crippen molar-refractivity contribution >= 4 is 106 Å². The fourth-order valence-corrected chi connectivity index (χ4v) is 14.1. The number of hydrogen-bond donors (Lipinski definition) is 15. The summed E-state index contributed by atoms with van der Waals surface area (Å²) in [5, 5.41) is 83.1. The van der Waals surface area contributed by atoms with E-state index in [1.807, 2.05) is 0 Å². The summed E-state index contributed by atoms with van der Waals surface area (Å²) >= 11 is 0. The zero-order valence-corrected chi connectivity index (χ0v) is 77.3. The van der Waals surface area contributed by atoms with Gasteiger partial charge in [-0.1, -0.05) is 84.5 Å². The molecule has 2 aromatic carbocycles. The minimum absolute atomic E-state index is 0.00139. The molecule has 1 heterocycles. The van der Waals surface area contributed by atoms with Crippen LogP contribution in [0.15, 0.2) is 61.1 Å². The van der Waals surface area contributed by atoms with E-state index in [0.717, 1.165) is 77.0 Å². The maximum absolute atomic E-state index is 14.0. The molecule has 5 amide bonds. The van der Waals surface area contributed by atoms with E-state index in [-0.39, 0.29) is 217 Å². The van der Waals surface area contributed by atoms with Gasteiger partial charge in [0, 0.05) is 121 Å². The molecule has 0 fully saturated rings. The maximum atomic E-state index is 14.0. The molecule has 1 aromatic heterocycles. The van der Waals surface area contributed by atoms with E-state index in [4.69, 9.17) is 44.4 Å². The van der Waals surface area contributed by atoms with Crippen molar-refractivity contribution in [2.75, 3.05) is 92.2 Å². The summed E-state index contributed by atoms with van der Waals surface area (Å²) in [6.45, 7) is 3.80. The summed E-state index contributed by atoms with van der Waals surface area (Å²) in [4.78, 5) is 231. The van der Waals surface area contributed by atoms with E-state index in [1.54, 1.807) is 38.1 Å². The molecule has 40 nitrogen and oxygen atoms in total. The molecule has 0 saturated heterocycles. The number of nitrogens with one attached hydrogen (secondary N) is 7. The van der Waals surface area contributed by atoms with Crippen LogP contribution < -0.4 is 47.1 Å². The van der Waals surface area contributed by atoms with Gasteiger partial charge >= 0.3 is 41.8 Å². The minimum atomic E-state index is -1.42. The van der Waals surface area contributed by atoms with E-state index < -0.39 is 149 Å². The number of rotatable bonds is 86. The highest BCUT2D eigenvalue weighted by Crippen LogP contribution is 2.26. The molecule has 0 spiro atoms. The van der Waals surface area contributed by atoms with Gasteiger partial charge in [-0.2, -0.15) is 0 Å². The highest BCUT2D eigenvalue weighted by atomic mass is 16.5. The van der Waals surface area contributed by atoms with Gasteiger partial charge in [0.05, 0.1) is 100 Å². The largest absolute Gasteiger partial charge is 0.494 e. The molecule has 0 aliphatic carbocycles. The lowest BCUT2D eigenvalue weighted by atomic mass is 9.81. The highest BCUT2D eigenvalue weighted by molar-refractivity contribution is 5.95. The van der Waals surface area contributed by atoms with E-state index in [1.165, 1.54) is 36.8 Å². The second kappa shape index (κ2) is 69.5. The number of Topliss-reactive ketones (excluding diaryl/α,β-unsaturated/α-hetero) is 6. The van der Waals surface area contributed by atoms with E-state index >= 15 is 0 Å². The molecule has 0 aliphatic rings. The van der Waals surface area contributed by atoms with Crippen LogP contribution in [0, 0.1) is 23.2 Å². The van der Waals surface area contributed by atoms with Gasteiger partial charge in [0.1, 0.15) is 54.1 Å². The van der Waals surface area contributed by atoms with Crippen molar-refractivity contribution in [3.8, 4) is 11.5 Å². The van der Waals surface area contributed by atoms with Crippen molar-refractivity contribution < 1.29 is 150 Å². The Kier molecular flexibility index (Phi) is 60.6. The first-order valence-corrected chi connectivity index (χ1v) is 46.4. The first-order valence-electron chi connectivity index (χ1n) is 46.4. The maximum Gasteiger partial charge on any atom is 0.335 e. The van der Waals surface area contributed by atoms with Crippen LogP contribution >= 0.6 is 0 Å². The SMILES string of the molecule is CC(C)(CC(=O)[C@@H](N)Cc1cnc[nH]1)C(=O)CN[C@@H](CCCCNC(=O)COCCOCCCC(=O)CC[C@H](NC(=O)CC[C@H](CC(=O)CCCCCCCCCOc1ccc(C(=O)O)cc1)C(=O)O)C(=O)O)C(=O)C[C@@H](CCCCNC(=O)COCCOCCNC(=O)CC[C@H](CC(=O)CC[C@H](NC(=O)CCCCCCCCCOc1ccc(C(=O)O)cc1)C(=O)O)C(=O)O)C(=O)O. The Bertz CT molecular complexity index is 4110. The fourth-order valence-electron chi connectivity index (χ4n) is 14.1. The van der Waals surface area contributed by atoms with Crippen LogP contribution in [0.2, 0.25) is 0 Å². The molecule has 0 unspecified atom stereocenters. The number of unbranched alkanes of at least 4 members (excludes halogenated alkanes) is 14. The summed E-state index contributed by atoms with van der Waals surface area (Å²) in [7, 11) is 0. The van der Waals surface area contributed by atoms with Gasteiger partial charge in [-0.25, -0.2) is 24.2 Å². The van der Waals surface area contributed by atoms with Gasteiger partial charge in [0.15, 0.2) is 17.3 Å². The van der Waals surface area contributed by atoms with Crippen LogP contribution in [0.3, 0.4) is 0 Å². The summed E-state index contributed by atoms with van der Waals surface area (Å²) in [6, 6.07) is 7.65. The van der Waals surface area contributed by atoms with Gasteiger partial charge in [-0.15, -0.1) is 0 Å². The molecular formula is C94H141N9O31. The number of aliphatic carboxylic acids is 5. The van der Waals surface area contributed by atoms with Crippen molar-refractivity contribution in [2.24, 2.45) is 28.9 Å². The number of aromatic amines is 1. The van der Waals surface area contributed by atoms with Crippen LogP contribution in [-0.2, 0) is 102 Å². The number of imidazole rings is 1. The summed E-state index contributed by atoms with van der Waals surface area (Å²) in [6.07, 6.45) is 13.7. The molecule has 3 rings (SSSR count). The summed E-state index contributed by atoms with van der Waals surface area (Å²) < 4.78 is 33.1. The number of nitrogens with two attached hydrogens (primary N) is 1. The third-order valence-electron chi connectivity index (χ3n) is 22.2. The molecule has 3 aromatic rings. The van der Waals surface area contributed by atoms with Gasteiger partial charge in [0.25, 0.3) is 0 Å². The number of amides is 5. The number of carbonyl (C=O) groups excluding carboxylic acids is 11. The quantitative estimate of drug-likeness (QED) is 0.0238. The lowest BCUT2D eigenvalue weighted by Crippen LogP contribution is -2.45. The molecule has 0 bridgehead atoms. The second-order valence-electron chi connectivity index (χ2n) is 33.9. The standard InChI is InChI=1S/C94H141N9O31/c1-94(2,58-80(108)75(95)57-69-59-96-63-101-69)81(109)60-100-76(25-16-18-44-98-86(114)61-131-52-50-129-46-21-24-70(104)33-39-77(92(125)126)103-84(112)42-32-68(91(123)124)54-71(105)23-13-9-5-3-7-11-19-47-133-73-35-27-64(28-36-73)87(115)116)79(107)56-66(89(119)120)22-15-17-43-97-85(113)62-132-53-51-130-49-45-99-82(110)41-31-67(90(121)122)55-72(106)34-40-78(93(127)128)102-83(111)26-14-10-6-4-8-12-20-48-134-74-37-29-65(30-38-74)88(117)118/h27-30,35-38,59,63,66-68,75-78,100H,3-26,31-34,39-58,60-62,95H2,1-2H3,(H,96,101)(H,97,113)(H,98,114)(H,99,110)(H,102,111)(H,103,112)(H,115,116)(H,117,118)(H,119,120)(H,121,122)(H,123,124)(H,125,126)(H,127,128)/t66-,67-,68-,75+,76+,77+,78+/m1/s1. The van der Waals surface area contributed by atoms with E-state index in [0.29, 0.717) is 68.9 Å². The van der Waals surface area contributed by atoms with E-state index in [9.17, 15) is 112 Å². The summed E-state index contributed by atoms with van der Waals surface area (Å²) in [5.74, 6) is -15.8. The van der Waals surface area contributed by atoms with Gasteiger partial charge in [-0.05, 0) is 138 Å². The monoisotopic (exact) mass is 1890 g/mol. The van der Waals surface area contributed by atoms with E-state index in [2.05, 4.69) is 41.9 Å². The average Bonchev–Trinajstić information content (AvgIpc) is 1.07. The zero-order chi connectivity index (χ0) is 98.9. The fraction of sp³-hybridized carbons (Fsp3) is 0.649. The van der Waals surface area contributed by atoms with Gasteiger partial charge in [0.2, 0.25) is 29.5 Å². The number of carboxylic acids is 7. The lowest BCUT2D eigenvalue weighted by Gasteiger charge is -2.26. The summed E-state index contributed by atoms with van der Waals surface area (Å²) in [5.41, 5.74) is 5.95. The van der Waals surface area contributed by atoms with Crippen molar-refractivity contribution in [2.45, 2.75) is 276 Å². The van der Waals surface area contributed by atoms with Gasteiger partial charge in [-0.3, -0.25) is 67.1 Å². The number of carbonyl (C=O) groups is 18. The minimum Gasteiger partial charge on any atom is -0.494 e. The molecule has 16 N–H and O–H groups in total.